The van der Waals surface area contributed by atoms with E-state index in [0.717, 1.165) is 52.7 Å². The molecule has 0 unspecified atom stereocenters. The molecule has 1 aromatic carbocycles. The van der Waals surface area contributed by atoms with Gasteiger partial charge in [-0.25, -0.2) is 0 Å². The first-order valence-electron chi connectivity index (χ1n) is 6.82. The van der Waals surface area contributed by atoms with E-state index in [-0.39, 0.29) is 6.10 Å². The number of nitrogens with zero attached hydrogens (tertiary/aromatic N) is 2. The Morgan fingerprint density at radius 2 is 2.10 bits per heavy atom. The van der Waals surface area contributed by atoms with Crippen LogP contribution in [0.25, 0.3) is 10.9 Å². The third-order valence-corrected chi connectivity index (χ3v) is 4.21. The summed E-state index contributed by atoms with van der Waals surface area (Å²) in [5.74, 6) is 0.830. The molecule has 1 fully saturated rings. The highest BCUT2D eigenvalue weighted by Crippen LogP contribution is 2.31. The zero-order chi connectivity index (χ0) is 14.1. The van der Waals surface area contributed by atoms with Crippen LogP contribution < -0.4 is 10.5 Å². The van der Waals surface area contributed by atoms with Crippen molar-refractivity contribution in [2.45, 2.75) is 18.9 Å². The van der Waals surface area contributed by atoms with Crippen molar-refractivity contribution in [3.05, 3.63) is 28.9 Å². The standard InChI is InChI=1S/C15H18BrN3O/c1-19-6-4-11(5-7-19)20-14-3-2-13(17)12-8-10(16)9-18-15(12)14/h2-3,8-9,11H,4-7,17H2,1H3. The Morgan fingerprint density at radius 1 is 1.35 bits per heavy atom. The molecule has 0 saturated carbocycles. The first kappa shape index (κ1) is 13.6. The Morgan fingerprint density at radius 3 is 2.85 bits per heavy atom. The maximum Gasteiger partial charge on any atom is 0.146 e. The molecule has 1 aliphatic heterocycles. The van der Waals surface area contributed by atoms with Crippen molar-refractivity contribution in [2.24, 2.45) is 0 Å². The van der Waals surface area contributed by atoms with Crippen LogP contribution in [0.2, 0.25) is 0 Å². The number of hydrogen-bond donors (Lipinski definition) is 1. The van der Waals surface area contributed by atoms with Crippen molar-refractivity contribution in [1.29, 1.82) is 0 Å². The summed E-state index contributed by atoms with van der Waals surface area (Å²) in [7, 11) is 2.15. The van der Waals surface area contributed by atoms with Crippen LogP contribution >= 0.6 is 15.9 Å². The van der Waals surface area contributed by atoms with Gasteiger partial charge < -0.3 is 15.4 Å². The van der Waals surface area contributed by atoms with Gasteiger partial charge in [-0.2, -0.15) is 0 Å². The fourth-order valence-electron chi connectivity index (χ4n) is 2.57. The number of ether oxygens (including phenoxy) is 1. The summed E-state index contributed by atoms with van der Waals surface area (Å²) in [6, 6.07) is 5.80. The molecule has 1 aromatic heterocycles. The second-order valence-electron chi connectivity index (χ2n) is 5.32. The van der Waals surface area contributed by atoms with Crippen molar-refractivity contribution < 1.29 is 4.74 Å². The Labute approximate surface area is 127 Å². The van der Waals surface area contributed by atoms with Crippen LogP contribution in [0.15, 0.2) is 28.9 Å². The van der Waals surface area contributed by atoms with Gasteiger partial charge >= 0.3 is 0 Å². The van der Waals surface area contributed by atoms with Crippen molar-refractivity contribution in [3.63, 3.8) is 0 Å². The molecule has 2 aromatic rings. The van der Waals surface area contributed by atoms with Crippen LogP contribution in [0.4, 0.5) is 5.69 Å². The maximum atomic E-state index is 6.15. The number of fused-ring (bicyclic) bond motifs is 1. The van der Waals surface area contributed by atoms with Crippen molar-refractivity contribution in [3.8, 4) is 5.75 Å². The third-order valence-electron chi connectivity index (χ3n) is 3.77. The van der Waals surface area contributed by atoms with Crippen molar-refractivity contribution >= 4 is 32.5 Å². The Balaban J connectivity index is 1.90. The number of aromatic nitrogens is 1. The fraction of sp³-hybridized carbons (Fsp3) is 0.400. The summed E-state index contributed by atoms with van der Waals surface area (Å²) in [4.78, 5) is 6.79. The average molecular weight is 336 g/mol. The predicted octanol–water partition coefficient (Wildman–Crippen LogP) is 3.05. The first-order chi connectivity index (χ1) is 9.63. The molecule has 0 amide bonds. The third kappa shape index (κ3) is 2.74. The molecule has 2 N–H and O–H groups in total. The smallest absolute Gasteiger partial charge is 0.146 e. The highest BCUT2D eigenvalue weighted by atomic mass is 79.9. The fourth-order valence-corrected chi connectivity index (χ4v) is 2.90. The number of likely N-dealkylation sites (tertiary alicyclic amines) is 1. The van der Waals surface area contributed by atoms with Gasteiger partial charge in [-0.05, 0) is 54.0 Å². The monoisotopic (exact) mass is 335 g/mol. The van der Waals surface area contributed by atoms with E-state index in [9.17, 15) is 0 Å². The predicted molar refractivity (Wildman–Crippen MR) is 85.0 cm³/mol. The molecule has 0 bridgehead atoms. The minimum Gasteiger partial charge on any atom is -0.488 e. The van der Waals surface area contributed by atoms with Crippen LogP contribution in [0.1, 0.15) is 12.8 Å². The molecular formula is C15H18BrN3O. The summed E-state index contributed by atoms with van der Waals surface area (Å²) in [5, 5.41) is 0.935. The van der Waals surface area contributed by atoms with Gasteiger partial charge in [0.25, 0.3) is 0 Å². The number of rotatable bonds is 2. The first-order valence-corrected chi connectivity index (χ1v) is 7.62. The lowest BCUT2D eigenvalue weighted by Gasteiger charge is -2.29. The number of nitrogen functional groups attached to an aromatic ring is 1. The SMILES string of the molecule is CN1CCC(Oc2ccc(N)c3cc(Br)cnc23)CC1. The van der Waals surface area contributed by atoms with Crippen LogP contribution in [0.3, 0.4) is 0 Å². The number of benzene rings is 1. The zero-order valence-corrected chi connectivity index (χ0v) is 13.1. The number of piperidine rings is 1. The highest BCUT2D eigenvalue weighted by Gasteiger charge is 2.19. The molecule has 3 rings (SSSR count). The summed E-state index contributed by atoms with van der Waals surface area (Å²) in [6.45, 7) is 2.16. The largest absolute Gasteiger partial charge is 0.488 e. The van der Waals surface area contributed by atoms with Crippen LogP contribution in [0, 0.1) is 0 Å². The summed E-state index contributed by atoms with van der Waals surface area (Å²) in [5.41, 5.74) is 7.59. The molecule has 1 aliphatic rings. The van der Waals surface area contributed by atoms with E-state index in [0.29, 0.717) is 0 Å². The van der Waals surface area contributed by atoms with Crippen LogP contribution in [-0.4, -0.2) is 36.1 Å². The summed E-state index contributed by atoms with van der Waals surface area (Å²) < 4.78 is 7.08. The van der Waals surface area contributed by atoms with Crippen molar-refractivity contribution in [1.82, 2.24) is 9.88 Å². The normalized spacial score (nSPS) is 17.5. The topological polar surface area (TPSA) is 51.4 Å². The second kappa shape index (κ2) is 5.58. The molecule has 2 heterocycles. The van der Waals surface area contributed by atoms with Gasteiger partial charge in [-0.3, -0.25) is 4.98 Å². The van der Waals surface area contributed by atoms with E-state index in [1.54, 1.807) is 6.20 Å². The molecule has 106 valence electrons. The van der Waals surface area contributed by atoms with Gasteiger partial charge in [0.1, 0.15) is 17.4 Å². The van der Waals surface area contributed by atoms with E-state index in [4.69, 9.17) is 10.5 Å². The summed E-state index contributed by atoms with van der Waals surface area (Å²) >= 11 is 3.43. The number of nitrogens with two attached hydrogens (primary N) is 1. The minimum absolute atomic E-state index is 0.267. The van der Waals surface area contributed by atoms with Crippen LogP contribution in [0.5, 0.6) is 5.75 Å². The second-order valence-corrected chi connectivity index (χ2v) is 6.24. The van der Waals surface area contributed by atoms with E-state index < -0.39 is 0 Å². The molecule has 0 aliphatic carbocycles. The Bertz CT molecular complexity index is 624. The average Bonchev–Trinajstić information content (AvgIpc) is 2.44. The highest BCUT2D eigenvalue weighted by molar-refractivity contribution is 9.10. The Kier molecular flexibility index (Phi) is 3.81. The van der Waals surface area contributed by atoms with Gasteiger partial charge in [0.15, 0.2) is 0 Å². The van der Waals surface area contributed by atoms with Gasteiger partial charge in [0.2, 0.25) is 0 Å². The zero-order valence-electron chi connectivity index (χ0n) is 11.5. The van der Waals surface area contributed by atoms with E-state index in [2.05, 4.69) is 32.9 Å². The van der Waals surface area contributed by atoms with Crippen LogP contribution in [-0.2, 0) is 0 Å². The molecule has 5 heteroatoms. The van der Waals surface area contributed by atoms with Gasteiger partial charge in [0.05, 0.1) is 0 Å². The molecule has 20 heavy (non-hydrogen) atoms. The molecule has 0 atom stereocenters. The van der Waals surface area contributed by atoms with E-state index >= 15 is 0 Å². The van der Waals surface area contributed by atoms with E-state index in [1.807, 2.05) is 18.2 Å². The van der Waals surface area contributed by atoms with Gasteiger partial charge in [-0.15, -0.1) is 0 Å². The molecule has 1 saturated heterocycles. The number of hydrogen-bond acceptors (Lipinski definition) is 4. The number of halogens is 1. The molecule has 4 nitrogen and oxygen atoms in total. The molecule has 0 spiro atoms. The maximum absolute atomic E-state index is 6.15. The minimum atomic E-state index is 0.267. The number of pyridine rings is 1. The van der Waals surface area contributed by atoms with Gasteiger partial charge in [-0.1, -0.05) is 0 Å². The Hall–Kier alpha value is -1.33. The summed E-state index contributed by atoms with van der Waals surface area (Å²) in [6.07, 6.45) is 4.16. The van der Waals surface area contributed by atoms with Gasteiger partial charge in [0, 0.05) is 34.8 Å². The lowest BCUT2D eigenvalue weighted by atomic mass is 10.1. The quantitative estimate of drug-likeness (QED) is 0.857. The lowest BCUT2D eigenvalue weighted by molar-refractivity contribution is 0.115. The van der Waals surface area contributed by atoms with E-state index in [1.165, 1.54) is 0 Å². The lowest BCUT2D eigenvalue weighted by Crippen LogP contribution is -2.35. The number of anilines is 1. The molecule has 0 radical (unpaired) electrons. The van der Waals surface area contributed by atoms with Crippen molar-refractivity contribution in [2.75, 3.05) is 25.9 Å². The molecular weight excluding hydrogens is 318 g/mol.